The Kier molecular flexibility index (Phi) is 4.89. The summed E-state index contributed by atoms with van der Waals surface area (Å²) >= 11 is 0. The minimum Gasteiger partial charge on any atom is -0.455 e. The third-order valence-electron chi connectivity index (χ3n) is 2.68. The van der Waals surface area contributed by atoms with Crippen molar-refractivity contribution in [2.45, 2.75) is 39.3 Å². The van der Waals surface area contributed by atoms with Gasteiger partial charge in [0.15, 0.2) is 6.10 Å². The van der Waals surface area contributed by atoms with Gasteiger partial charge in [-0.2, -0.15) is 0 Å². The standard InChI is InChI=1S/C11H18O6/c1-6-9(14-4)5-15-11(17-8(3)13)10(6)16-7(2)12/h6,9-11H,5H2,1-4H3/t6-,9+,10+,11+/m1/s1. The van der Waals surface area contributed by atoms with E-state index in [0.717, 1.165) is 0 Å². The number of rotatable bonds is 3. The monoisotopic (exact) mass is 246 g/mol. The lowest BCUT2D eigenvalue weighted by atomic mass is 9.95. The van der Waals surface area contributed by atoms with Gasteiger partial charge in [0.25, 0.3) is 0 Å². The van der Waals surface area contributed by atoms with Crippen molar-refractivity contribution in [1.82, 2.24) is 0 Å². The van der Waals surface area contributed by atoms with Crippen LogP contribution in [0, 0.1) is 5.92 Å². The molecule has 0 aliphatic carbocycles. The molecule has 1 rings (SSSR count). The molecule has 0 bridgehead atoms. The zero-order chi connectivity index (χ0) is 13.0. The van der Waals surface area contributed by atoms with E-state index < -0.39 is 24.3 Å². The molecule has 0 saturated carbocycles. The fraction of sp³-hybridized carbons (Fsp3) is 0.818. The first-order chi connectivity index (χ1) is 7.95. The maximum Gasteiger partial charge on any atom is 0.305 e. The van der Waals surface area contributed by atoms with E-state index in [4.69, 9.17) is 18.9 Å². The molecule has 1 heterocycles. The van der Waals surface area contributed by atoms with Gasteiger partial charge in [-0.25, -0.2) is 0 Å². The lowest BCUT2D eigenvalue weighted by Crippen LogP contribution is -2.51. The Labute approximate surface area is 100 Å². The summed E-state index contributed by atoms with van der Waals surface area (Å²) < 4.78 is 20.6. The molecule has 17 heavy (non-hydrogen) atoms. The quantitative estimate of drug-likeness (QED) is 0.675. The summed E-state index contributed by atoms with van der Waals surface area (Å²) in [6.07, 6.45) is -1.70. The van der Waals surface area contributed by atoms with Gasteiger partial charge in [-0.3, -0.25) is 9.59 Å². The fourth-order valence-corrected chi connectivity index (χ4v) is 1.80. The number of hydrogen-bond acceptors (Lipinski definition) is 6. The van der Waals surface area contributed by atoms with Crippen molar-refractivity contribution in [1.29, 1.82) is 0 Å². The second-order valence-corrected chi connectivity index (χ2v) is 4.02. The summed E-state index contributed by atoms with van der Waals surface area (Å²) in [5, 5.41) is 0. The highest BCUT2D eigenvalue weighted by molar-refractivity contribution is 5.67. The van der Waals surface area contributed by atoms with Gasteiger partial charge in [-0.05, 0) is 0 Å². The molecule has 0 spiro atoms. The fourth-order valence-electron chi connectivity index (χ4n) is 1.80. The molecule has 0 radical (unpaired) electrons. The van der Waals surface area contributed by atoms with Crippen molar-refractivity contribution >= 4 is 11.9 Å². The average molecular weight is 246 g/mol. The molecule has 98 valence electrons. The van der Waals surface area contributed by atoms with Crippen molar-refractivity contribution < 1.29 is 28.5 Å². The van der Waals surface area contributed by atoms with Gasteiger partial charge in [0.2, 0.25) is 6.29 Å². The summed E-state index contributed by atoms with van der Waals surface area (Å²) in [4.78, 5) is 22.0. The number of hydrogen-bond donors (Lipinski definition) is 0. The van der Waals surface area contributed by atoms with E-state index in [-0.39, 0.29) is 12.0 Å². The predicted octanol–water partition coefficient (Wildman–Crippen LogP) is 0.489. The van der Waals surface area contributed by atoms with Gasteiger partial charge >= 0.3 is 11.9 Å². The highest BCUT2D eigenvalue weighted by atomic mass is 16.7. The highest BCUT2D eigenvalue weighted by Crippen LogP contribution is 2.26. The van der Waals surface area contributed by atoms with E-state index in [1.54, 1.807) is 7.11 Å². The van der Waals surface area contributed by atoms with E-state index in [0.29, 0.717) is 6.61 Å². The molecule has 1 saturated heterocycles. The zero-order valence-electron chi connectivity index (χ0n) is 10.5. The average Bonchev–Trinajstić information content (AvgIpc) is 2.22. The van der Waals surface area contributed by atoms with Crippen LogP contribution >= 0.6 is 0 Å². The molecule has 6 nitrogen and oxygen atoms in total. The first kappa shape index (κ1) is 13.9. The molecule has 1 aliphatic rings. The Hall–Kier alpha value is -1.14. The molecule has 0 aromatic rings. The minimum absolute atomic E-state index is 0.109. The van der Waals surface area contributed by atoms with Crippen LogP contribution < -0.4 is 0 Å². The normalized spacial score (nSPS) is 32.9. The molecular formula is C11H18O6. The largest absolute Gasteiger partial charge is 0.455 e. The molecule has 0 aromatic heterocycles. The summed E-state index contributed by atoms with van der Waals surface area (Å²) in [5.74, 6) is -1.03. The molecule has 0 aromatic carbocycles. The molecule has 4 atom stereocenters. The maximum atomic E-state index is 11.0. The highest BCUT2D eigenvalue weighted by Gasteiger charge is 2.42. The number of carbonyl (C=O) groups is 2. The minimum atomic E-state index is -0.863. The van der Waals surface area contributed by atoms with E-state index in [2.05, 4.69) is 0 Å². The van der Waals surface area contributed by atoms with E-state index in [9.17, 15) is 9.59 Å². The van der Waals surface area contributed by atoms with Crippen LogP contribution in [0.1, 0.15) is 20.8 Å². The Morgan fingerprint density at radius 3 is 2.24 bits per heavy atom. The van der Waals surface area contributed by atoms with Crippen LogP contribution in [0.15, 0.2) is 0 Å². The second-order valence-electron chi connectivity index (χ2n) is 4.02. The van der Waals surface area contributed by atoms with Crippen LogP contribution in [0.4, 0.5) is 0 Å². The lowest BCUT2D eigenvalue weighted by molar-refractivity contribution is -0.256. The van der Waals surface area contributed by atoms with Crippen molar-refractivity contribution in [3.63, 3.8) is 0 Å². The van der Waals surface area contributed by atoms with Gasteiger partial charge < -0.3 is 18.9 Å². The first-order valence-electron chi connectivity index (χ1n) is 5.44. The van der Waals surface area contributed by atoms with Crippen LogP contribution in [0.25, 0.3) is 0 Å². The lowest BCUT2D eigenvalue weighted by Gasteiger charge is -2.38. The Balaban J connectivity index is 2.75. The molecule has 1 aliphatic heterocycles. The third kappa shape index (κ3) is 3.67. The molecule has 0 unspecified atom stereocenters. The maximum absolute atomic E-state index is 11.0. The van der Waals surface area contributed by atoms with Crippen LogP contribution in [-0.4, -0.2) is 44.2 Å². The SMILES string of the molecule is CO[C@H]1CO[C@@H](OC(C)=O)[C@@H](OC(C)=O)[C@@H]1C. The van der Waals surface area contributed by atoms with Gasteiger partial charge in [0.05, 0.1) is 12.7 Å². The number of methoxy groups -OCH3 is 1. The Bertz CT molecular complexity index is 290. The summed E-state index contributed by atoms with van der Waals surface area (Å²) in [5.41, 5.74) is 0. The van der Waals surface area contributed by atoms with Crippen LogP contribution in [0.2, 0.25) is 0 Å². The number of carbonyl (C=O) groups excluding carboxylic acids is 2. The molecule has 0 amide bonds. The molecule has 0 N–H and O–H groups in total. The second kappa shape index (κ2) is 5.97. The number of ether oxygens (including phenoxy) is 4. The Morgan fingerprint density at radius 2 is 1.76 bits per heavy atom. The van der Waals surface area contributed by atoms with Gasteiger partial charge in [0.1, 0.15) is 0 Å². The van der Waals surface area contributed by atoms with E-state index in [1.807, 2.05) is 6.92 Å². The van der Waals surface area contributed by atoms with Crippen LogP contribution in [-0.2, 0) is 28.5 Å². The van der Waals surface area contributed by atoms with Crippen molar-refractivity contribution in [3.05, 3.63) is 0 Å². The number of esters is 2. The summed E-state index contributed by atoms with van der Waals surface area (Å²) in [6, 6.07) is 0. The van der Waals surface area contributed by atoms with Crippen molar-refractivity contribution in [2.24, 2.45) is 5.92 Å². The van der Waals surface area contributed by atoms with Crippen molar-refractivity contribution in [3.8, 4) is 0 Å². The smallest absolute Gasteiger partial charge is 0.305 e. The topological polar surface area (TPSA) is 71.1 Å². The molecule has 6 heteroatoms. The zero-order valence-corrected chi connectivity index (χ0v) is 10.5. The van der Waals surface area contributed by atoms with Crippen molar-refractivity contribution in [2.75, 3.05) is 13.7 Å². The van der Waals surface area contributed by atoms with Gasteiger partial charge in [0, 0.05) is 26.9 Å². The summed E-state index contributed by atoms with van der Waals surface area (Å²) in [6.45, 7) is 4.74. The molecule has 1 fully saturated rings. The predicted molar refractivity (Wildman–Crippen MR) is 57.0 cm³/mol. The van der Waals surface area contributed by atoms with Crippen LogP contribution in [0.5, 0.6) is 0 Å². The van der Waals surface area contributed by atoms with Gasteiger partial charge in [-0.15, -0.1) is 0 Å². The van der Waals surface area contributed by atoms with E-state index in [1.165, 1.54) is 13.8 Å². The van der Waals surface area contributed by atoms with Crippen LogP contribution in [0.3, 0.4) is 0 Å². The molecular weight excluding hydrogens is 228 g/mol. The first-order valence-corrected chi connectivity index (χ1v) is 5.44. The third-order valence-corrected chi connectivity index (χ3v) is 2.68. The van der Waals surface area contributed by atoms with Gasteiger partial charge in [-0.1, -0.05) is 6.92 Å². The Morgan fingerprint density at radius 1 is 1.18 bits per heavy atom. The summed E-state index contributed by atoms with van der Waals surface area (Å²) in [7, 11) is 1.56. The van der Waals surface area contributed by atoms with E-state index >= 15 is 0 Å².